The predicted molar refractivity (Wildman–Crippen MR) is 119 cm³/mol. The summed E-state index contributed by atoms with van der Waals surface area (Å²) in [6, 6.07) is 5.70. The molecule has 8 nitrogen and oxygen atoms in total. The van der Waals surface area contributed by atoms with Crippen LogP contribution >= 0.6 is 0 Å². The number of nitrogens with two attached hydrogens (primary N) is 1. The van der Waals surface area contributed by atoms with E-state index in [1.165, 1.54) is 24.3 Å². The van der Waals surface area contributed by atoms with Gasteiger partial charge in [0.15, 0.2) is 5.82 Å². The van der Waals surface area contributed by atoms with Gasteiger partial charge in [-0.05, 0) is 35.9 Å². The van der Waals surface area contributed by atoms with E-state index >= 15 is 0 Å². The molecule has 1 aromatic heterocycles. The van der Waals surface area contributed by atoms with Crippen LogP contribution < -0.4 is 5.73 Å². The normalized spacial score (nSPS) is 15.9. The molecule has 1 fully saturated rings. The Labute approximate surface area is 210 Å². The van der Waals surface area contributed by atoms with Crippen LogP contribution in [0.3, 0.4) is 0 Å². The minimum atomic E-state index is -5.07. The van der Waals surface area contributed by atoms with E-state index in [0.29, 0.717) is 12.1 Å². The molecule has 2 N–H and O–H groups in total. The van der Waals surface area contributed by atoms with Crippen molar-refractivity contribution >= 4 is 27.7 Å². The second-order valence-corrected chi connectivity index (χ2v) is 10.1. The van der Waals surface area contributed by atoms with Crippen LogP contribution in [0.1, 0.15) is 16.7 Å². The van der Waals surface area contributed by atoms with Crippen molar-refractivity contribution in [3.63, 3.8) is 0 Å². The molecule has 38 heavy (non-hydrogen) atoms. The number of nitrogens with zero attached hydrogens (tertiary/aromatic N) is 4. The standard InChI is InChI=1S/C22H16F7N5O3S/c23-16-8-34(9-16)38(36,37)17-3-1-12(2-4-17)18(19(30)35)10-33-11-31-20(32-33)13-5-14(21(24,25)26)7-15(6-13)22(27,28)29/h1-7,10-11,16H,8-9H2,(H2,30,35)/b18-10+. The number of carbonyl (C=O) groups is 1. The van der Waals surface area contributed by atoms with Gasteiger partial charge < -0.3 is 5.73 Å². The van der Waals surface area contributed by atoms with Crippen molar-refractivity contribution in [3.05, 3.63) is 65.5 Å². The largest absolute Gasteiger partial charge is 0.416 e. The lowest BCUT2D eigenvalue weighted by molar-refractivity contribution is -0.143. The molecular weight excluding hydrogens is 547 g/mol. The van der Waals surface area contributed by atoms with Gasteiger partial charge in [0.05, 0.1) is 21.6 Å². The molecule has 1 aliphatic rings. The molecule has 4 rings (SSSR count). The number of amides is 1. The first kappa shape index (κ1) is 27.3. The summed E-state index contributed by atoms with van der Waals surface area (Å²) < 4.78 is 119. The minimum absolute atomic E-state index is 0.0344. The summed E-state index contributed by atoms with van der Waals surface area (Å²) in [5, 5.41) is 3.83. The highest BCUT2D eigenvalue weighted by Gasteiger charge is 2.38. The van der Waals surface area contributed by atoms with Crippen molar-refractivity contribution in [1.29, 1.82) is 0 Å². The minimum Gasteiger partial charge on any atom is -0.366 e. The lowest BCUT2D eigenvalue weighted by Gasteiger charge is -2.33. The van der Waals surface area contributed by atoms with E-state index in [0.717, 1.165) is 21.5 Å². The van der Waals surface area contributed by atoms with E-state index in [9.17, 15) is 43.9 Å². The molecular formula is C22H16F7N5O3S. The highest BCUT2D eigenvalue weighted by molar-refractivity contribution is 7.89. The van der Waals surface area contributed by atoms with Crippen molar-refractivity contribution in [1.82, 2.24) is 19.1 Å². The van der Waals surface area contributed by atoms with E-state index in [-0.39, 0.29) is 35.2 Å². The van der Waals surface area contributed by atoms with E-state index in [1.807, 2.05) is 0 Å². The molecule has 0 unspecified atom stereocenters. The summed E-state index contributed by atoms with van der Waals surface area (Å²) in [5.74, 6) is -1.50. The fourth-order valence-corrected chi connectivity index (χ4v) is 5.00. The third kappa shape index (κ3) is 5.55. The molecule has 16 heteroatoms. The topological polar surface area (TPSA) is 111 Å². The predicted octanol–water partition coefficient (Wildman–Crippen LogP) is 3.81. The first-order valence-electron chi connectivity index (χ1n) is 10.5. The number of alkyl halides is 7. The first-order chi connectivity index (χ1) is 17.6. The highest BCUT2D eigenvalue weighted by atomic mass is 32.2. The third-order valence-corrected chi connectivity index (χ3v) is 7.33. The maximum atomic E-state index is 13.2. The number of sulfonamides is 1. The molecule has 2 aromatic carbocycles. The summed E-state index contributed by atoms with van der Waals surface area (Å²) >= 11 is 0. The van der Waals surface area contributed by atoms with Crippen LogP contribution in [0.2, 0.25) is 0 Å². The van der Waals surface area contributed by atoms with Crippen LogP contribution in [0.25, 0.3) is 23.2 Å². The Balaban J connectivity index is 1.66. The molecule has 3 aromatic rings. The average molecular weight is 563 g/mol. The van der Waals surface area contributed by atoms with Gasteiger partial charge in [-0.1, -0.05) is 12.1 Å². The maximum absolute atomic E-state index is 13.2. The van der Waals surface area contributed by atoms with Crippen LogP contribution in [0.4, 0.5) is 30.7 Å². The second kappa shape index (κ2) is 9.50. The van der Waals surface area contributed by atoms with Crippen LogP contribution in [0.15, 0.2) is 53.7 Å². The van der Waals surface area contributed by atoms with Gasteiger partial charge in [0.25, 0.3) is 5.91 Å². The average Bonchev–Trinajstić information content (AvgIpc) is 3.28. The fourth-order valence-electron chi connectivity index (χ4n) is 3.51. The summed E-state index contributed by atoms with van der Waals surface area (Å²) in [7, 11) is -3.94. The number of carbonyl (C=O) groups excluding carboxylic acids is 1. The van der Waals surface area contributed by atoms with Gasteiger partial charge in [0.2, 0.25) is 10.0 Å². The molecule has 0 saturated carbocycles. The third-order valence-electron chi connectivity index (χ3n) is 5.49. The summed E-state index contributed by atoms with van der Waals surface area (Å²) in [5.41, 5.74) is 1.62. The maximum Gasteiger partial charge on any atom is 0.416 e. The zero-order valence-electron chi connectivity index (χ0n) is 18.8. The summed E-state index contributed by atoms with van der Waals surface area (Å²) in [6.07, 6.45) is -9.44. The number of rotatable bonds is 6. The lowest BCUT2D eigenvalue weighted by Crippen LogP contribution is -2.51. The van der Waals surface area contributed by atoms with Crippen LogP contribution in [-0.2, 0) is 27.2 Å². The smallest absolute Gasteiger partial charge is 0.366 e. The van der Waals surface area contributed by atoms with Crippen molar-refractivity contribution in [2.75, 3.05) is 13.1 Å². The molecule has 0 spiro atoms. The van der Waals surface area contributed by atoms with Gasteiger partial charge >= 0.3 is 12.4 Å². The molecule has 1 aliphatic heterocycles. The monoisotopic (exact) mass is 563 g/mol. The van der Waals surface area contributed by atoms with Gasteiger partial charge in [-0.25, -0.2) is 22.5 Å². The quantitative estimate of drug-likeness (QED) is 0.362. The molecule has 2 heterocycles. The Hall–Kier alpha value is -3.79. The molecule has 202 valence electrons. The Morgan fingerprint density at radius 2 is 1.53 bits per heavy atom. The van der Waals surface area contributed by atoms with Crippen molar-refractivity contribution < 1.29 is 43.9 Å². The number of primary amides is 1. The Bertz CT molecular complexity index is 1480. The van der Waals surface area contributed by atoms with E-state index in [1.54, 1.807) is 0 Å². The molecule has 0 aliphatic carbocycles. The molecule has 0 radical (unpaired) electrons. The number of benzene rings is 2. The van der Waals surface area contributed by atoms with Gasteiger partial charge in [-0.15, -0.1) is 5.10 Å². The molecule has 0 atom stereocenters. The van der Waals surface area contributed by atoms with Gasteiger partial charge in [-0.3, -0.25) is 4.79 Å². The Morgan fingerprint density at radius 1 is 0.974 bits per heavy atom. The van der Waals surface area contributed by atoms with E-state index < -0.39 is 57.0 Å². The van der Waals surface area contributed by atoms with Gasteiger partial charge in [0.1, 0.15) is 12.5 Å². The first-order valence-corrected chi connectivity index (χ1v) is 12.0. The fraction of sp³-hybridized carbons (Fsp3) is 0.227. The van der Waals surface area contributed by atoms with Crippen molar-refractivity contribution in [2.45, 2.75) is 23.4 Å². The molecule has 1 saturated heterocycles. The number of hydrogen-bond donors (Lipinski definition) is 1. The molecule has 1 amide bonds. The number of aromatic nitrogens is 3. The zero-order chi connectivity index (χ0) is 28.0. The Kier molecular flexibility index (Phi) is 6.82. The van der Waals surface area contributed by atoms with Crippen molar-refractivity contribution in [2.24, 2.45) is 5.73 Å². The number of halogens is 7. The van der Waals surface area contributed by atoms with E-state index in [4.69, 9.17) is 5.73 Å². The zero-order valence-corrected chi connectivity index (χ0v) is 19.6. The van der Waals surface area contributed by atoms with Crippen LogP contribution in [-0.4, -0.2) is 52.7 Å². The lowest BCUT2D eigenvalue weighted by atomic mass is 10.0. The summed E-state index contributed by atoms with van der Waals surface area (Å²) in [6.45, 7) is -0.553. The highest BCUT2D eigenvalue weighted by Crippen LogP contribution is 2.38. The second-order valence-electron chi connectivity index (χ2n) is 8.19. The summed E-state index contributed by atoms with van der Waals surface area (Å²) in [4.78, 5) is 15.6. The van der Waals surface area contributed by atoms with Gasteiger partial charge in [0, 0.05) is 24.9 Å². The van der Waals surface area contributed by atoms with Crippen LogP contribution in [0.5, 0.6) is 0 Å². The van der Waals surface area contributed by atoms with E-state index in [2.05, 4.69) is 10.1 Å². The number of hydrogen-bond acceptors (Lipinski definition) is 5. The van der Waals surface area contributed by atoms with Crippen LogP contribution in [0, 0.1) is 0 Å². The van der Waals surface area contributed by atoms with Gasteiger partial charge in [-0.2, -0.15) is 30.6 Å². The molecule has 0 bridgehead atoms. The SMILES string of the molecule is NC(=O)/C(=C/n1cnc(-c2cc(C(F)(F)F)cc(C(F)(F)F)c2)n1)c1ccc(S(=O)(=O)N2CC(F)C2)cc1. The van der Waals surface area contributed by atoms with Crippen molar-refractivity contribution in [3.8, 4) is 11.4 Å². The Morgan fingerprint density at radius 3 is 2.00 bits per heavy atom.